The molecule has 0 spiro atoms. The third-order valence-electron chi connectivity index (χ3n) is 4.24. The van der Waals surface area contributed by atoms with E-state index in [0.29, 0.717) is 16.4 Å². The molecule has 118 valence electrons. The Morgan fingerprint density at radius 1 is 1.52 bits per heavy atom. The second-order valence-electron chi connectivity index (χ2n) is 5.58. The number of carbonyl (C=O) groups excluding carboxylic acids is 1. The van der Waals surface area contributed by atoms with Crippen molar-refractivity contribution in [1.29, 1.82) is 0 Å². The van der Waals surface area contributed by atoms with Crippen molar-refractivity contribution >= 4 is 34.5 Å². The number of carbonyl (C=O) groups is 1. The summed E-state index contributed by atoms with van der Waals surface area (Å²) in [6.45, 7) is 2.84. The van der Waals surface area contributed by atoms with E-state index in [0.717, 1.165) is 19.4 Å². The van der Waals surface area contributed by atoms with Gasteiger partial charge < -0.3 is 4.90 Å². The van der Waals surface area contributed by atoms with Gasteiger partial charge in [0.05, 0.1) is 17.3 Å². The highest BCUT2D eigenvalue weighted by Crippen LogP contribution is 2.35. The highest BCUT2D eigenvalue weighted by Gasteiger charge is 2.32. The summed E-state index contributed by atoms with van der Waals surface area (Å²) < 4.78 is 1.55. The first-order valence-electron chi connectivity index (χ1n) is 7.55. The molecule has 3 aromatic heterocycles. The zero-order chi connectivity index (χ0) is 16.0. The maximum absolute atomic E-state index is 12.9. The minimum atomic E-state index is -0.0460. The van der Waals surface area contributed by atoms with Crippen LogP contribution in [0.4, 0.5) is 0 Å². The van der Waals surface area contributed by atoms with Gasteiger partial charge in [0.25, 0.3) is 5.91 Å². The van der Waals surface area contributed by atoms with Gasteiger partial charge in [-0.05, 0) is 29.9 Å². The maximum atomic E-state index is 12.9. The Morgan fingerprint density at radius 3 is 3.22 bits per heavy atom. The predicted molar refractivity (Wildman–Crippen MR) is 90.1 cm³/mol. The SMILES string of the molecule is CCC1c2ccsc2CCN1C(=O)c1cc2ncc(Cl)cn2n1. The van der Waals surface area contributed by atoms with Crippen molar-refractivity contribution in [2.75, 3.05) is 6.54 Å². The molecular formula is C16H15ClN4OS. The van der Waals surface area contributed by atoms with Gasteiger partial charge in [-0.1, -0.05) is 18.5 Å². The summed E-state index contributed by atoms with van der Waals surface area (Å²) in [7, 11) is 0. The quantitative estimate of drug-likeness (QED) is 0.712. The van der Waals surface area contributed by atoms with Crippen LogP contribution in [0.2, 0.25) is 5.02 Å². The normalized spacial score (nSPS) is 17.5. The molecule has 0 fully saturated rings. The lowest BCUT2D eigenvalue weighted by Gasteiger charge is -2.35. The van der Waals surface area contributed by atoms with Gasteiger partial charge in [0, 0.05) is 23.7 Å². The molecule has 0 bridgehead atoms. The van der Waals surface area contributed by atoms with Gasteiger partial charge in [0.15, 0.2) is 11.3 Å². The zero-order valence-corrected chi connectivity index (χ0v) is 14.1. The third kappa shape index (κ3) is 2.42. The average molecular weight is 347 g/mol. The van der Waals surface area contributed by atoms with Crippen LogP contribution in [0.3, 0.4) is 0 Å². The molecule has 1 aliphatic heterocycles. The molecule has 0 N–H and O–H groups in total. The highest BCUT2D eigenvalue weighted by atomic mass is 35.5. The summed E-state index contributed by atoms with van der Waals surface area (Å²) in [5, 5.41) is 6.94. The van der Waals surface area contributed by atoms with Gasteiger partial charge in [-0.3, -0.25) is 4.79 Å². The second kappa shape index (κ2) is 5.62. The number of rotatable bonds is 2. The van der Waals surface area contributed by atoms with Crippen LogP contribution in [0.25, 0.3) is 5.65 Å². The average Bonchev–Trinajstić information content (AvgIpc) is 3.18. The summed E-state index contributed by atoms with van der Waals surface area (Å²) in [4.78, 5) is 20.5. The van der Waals surface area contributed by atoms with Gasteiger partial charge in [-0.25, -0.2) is 9.50 Å². The van der Waals surface area contributed by atoms with Crippen molar-refractivity contribution in [3.63, 3.8) is 0 Å². The number of hydrogen-bond acceptors (Lipinski definition) is 4. The first kappa shape index (κ1) is 14.7. The molecule has 0 radical (unpaired) electrons. The summed E-state index contributed by atoms with van der Waals surface area (Å²) in [5.74, 6) is -0.0460. The van der Waals surface area contributed by atoms with Gasteiger partial charge in [0.1, 0.15) is 0 Å². The molecule has 0 aliphatic carbocycles. The molecule has 7 heteroatoms. The van der Waals surface area contributed by atoms with E-state index in [2.05, 4.69) is 28.5 Å². The highest BCUT2D eigenvalue weighted by molar-refractivity contribution is 7.10. The summed E-state index contributed by atoms with van der Waals surface area (Å²) >= 11 is 7.71. The van der Waals surface area contributed by atoms with E-state index in [1.165, 1.54) is 10.4 Å². The van der Waals surface area contributed by atoms with Crippen LogP contribution in [0.15, 0.2) is 29.9 Å². The van der Waals surface area contributed by atoms with Gasteiger partial charge >= 0.3 is 0 Å². The molecule has 0 saturated heterocycles. The molecule has 1 amide bonds. The first-order valence-corrected chi connectivity index (χ1v) is 8.81. The summed E-state index contributed by atoms with van der Waals surface area (Å²) in [5.41, 5.74) is 2.32. The molecule has 4 rings (SSSR count). The van der Waals surface area contributed by atoms with Gasteiger partial charge in [0.2, 0.25) is 0 Å². The van der Waals surface area contributed by atoms with E-state index in [4.69, 9.17) is 11.6 Å². The number of thiophene rings is 1. The minimum Gasteiger partial charge on any atom is -0.330 e. The van der Waals surface area contributed by atoms with Gasteiger partial charge in [-0.2, -0.15) is 5.10 Å². The summed E-state index contributed by atoms with van der Waals surface area (Å²) in [6.07, 6.45) is 5.02. The standard InChI is InChI=1S/C16H15ClN4OS/c1-2-13-11-4-6-23-14(11)3-5-20(13)16(22)12-7-15-18-8-10(17)9-21(15)19-12/h4,6-9,13H,2-3,5H2,1H3. The Balaban J connectivity index is 1.70. The van der Waals surface area contributed by atoms with Crippen LogP contribution in [-0.2, 0) is 6.42 Å². The smallest absolute Gasteiger partial charge is 0.274 e. The molecule has 1 aliphatic rings. The monoisotopic (exact) mass is 346 g/mol. The number of halogens is 1. The van der Waals surface area contributed by atoms with E-state index >= 15 is 0 Å². The third-order valence-corrected chi connectivity index (χ3v) is 5.44. The van der Waals surface area contributed by atoms with E-state index in [1.54, 1.807) is 34.3 Å². The van der Waals surface area contributed by atoms with Crippen LogP contribution < -0.4 is 0 Å². The minimum absolute atomic E-state index is 0.0460. The van der Waals surface area contributed by atoms with Crippen LogP contribution in [0, 0.1) is 0 Å². The number of fused-ring (bicyclic) bond motifs is 2. The fraction of sp³-hybridized carbons (Fsp3) is 0.312. The molecule has 1 unspecified atom stereocenters. The zero-order valence-electron chi connectivity index (χ0n) is 12.6. The van der Waals surface area contributed by atoms with Crippen LogP contribution in [0.1, 0.15) is 40.3 Å². The van der Waals surface area contributed by atoms with Crippen molar-refractivity contribution in [2.45, 2.75) is 25.8 Å². The lowest BCUT2D eigenvalue weighted by molar-refractivity contribution is 0.0651. The summed E-state index contributed by atoms with van der Waals surface area (Å²) in [6, 6.07) is 3.98. The molecule has 5 nitrogen and oxygen atoms in total. The van der Waals surface area contributed by atoms with Crippen molar-refractivity contribution in [1.82, 2.24) is 19.5 Å². The largest absolute Gasteiger partial charge is 0.330 e. The Bertz CT molecular complexity index is 887. The van der Waals surface area contributed by atoms with Gasteiger partial charge in [-0.15, -0.1) is 11.3 Å². The van der Waals surface area contributed by atoms with E-state index in [1.807, 2.05) is 4.90 Å². The van der Waals surface area contributed by atoms with E-state index in [9.17, 15) is 4.79 Å². The molecule has 1 atom stereocenters. The Kier molecular flexibility index (Phi) is 3.58. The molecule has 4 heterocycles. The fourth-order valence-corrected chi connectivity index (χ4v) is 4.25. The molecule has 0 saturated carbocycles. The number of aromatic nitrogens is 3. The lowest BCUT2D eigenvalue weighted by atomic mass is 9.97. The predicted octanol–water partition coefficient (Wildman–Crippen LogP) is 3.59. The number of nitrogens with zero attached hydrogens (tertiary/aromatic N) is 4. The van der Waals surface area contributed by atoms with Crippen molar-refractivity contribution < 1.29 is 4.79 Å². The maximum Gasteiger partial charge on any atom is 0.274 e. The molecule has 3 aromatic rings. The van der Waals surface area contributed by atoms with Crippen LogP contribution in [-0.4, -0.2) is 31.9 Å². The lowest BCUT2D eigenvalue weighted by Crippen LogP contribution is -2.39. The molecular weight excluding hydrogens is 332 g/mol. The van der Waals surface area contributed by atoms with Crippen LogP contribution >= 0.6 is 22.9 Å². The van der Waals surface area contributed by atoms with Crippen LogP contribution in [0.5, 0.6) is 0 Å². The fourth-order valence-electron chi connectivity index (χ4n) is 3.19. The Hall–Kier alpha value is -1.92. The Morgan fingerprint density at radius 2 is 2.39 bits per heavy atom. The van der Waals surface area contributed by atoms with E-state index in [-0.39, 0.29) is 11.9 Å². The number of hydrogen-bond donors (Lipinski definition) is 0. The topological polar surface area (TPSA) is 50.5 Å². The van der Waals surface area contributed by atoms with Crippen molar-refractivity contribution in [2.24, 2.45) is 0 Å². The molecule has 0 aromatic carbocycles. The number of amides is 1. The van der Waals surface area contributed by atoms with E-state index < -0.39 is 0 Å². The molecule has 23 heavy (non-hydrogen) atoms. The second-order valence-corrected chi connectivity index (χ2v) is 7.01. The van der Waals surface area contributed by atoms with Crippen molar-refractivity contribution in [3.8, 4) is 0 Å². The first-order chi connectivity index (χ1) is 11.2. The van der Waals surface area contributed by atoms with Crippen molar-refractivity contribution in [3.05, 3.63) is 51.1 Å². The Labute approximate surface area is 142 Å².